The van der Waals surface area contributed by atoms with Gasteiger partial charge >= 0.3 is 5.97 Å². The maximum absolute atomic E-state index is 11.4. The van der Waals surface area contributed by atoms with Crippen LogP contribution in [0.1, 0.15) is 27.7 Å². The molecule has 0 N–H and O–H groups in total. The first-order valence-corrected chi connectivity index (χ1v) is 6.13. The van der Waals surface area contributed by atoms with E-state index < -0.39 is 0 Å². The molecule has 0 aromatic heterocycles. The van der Waals surface area contributed by atoms with Gasteiger partial charge in [-0.25, -0.2) is 0 Å². The maximum Gasteiger partial charge on any atom is 0.313 e. The third-order valence-electron chi connectivity index (χ3n) is 2.22. The summed E-state index contributed by atoms with van der Waals surface area (Å²) >= 11 is 0. The highest BCUT2D eigenvalue weighted by Crippen LogP contribution is 2.19. The average Bonchev–Trinajstić information content (AvgIpc) is 2.31. The SMILES string of the molecule is CCOC(C)Oc1ccc(OC(=O)C(C)C)cc1. The van der Waals surface area contributed by atoms with Gasteiger partial charge in [-0.1, -0.05) is 13.8 Å². The van der Waals surface area contributed by atoms with E-state index in [0.29, 0.717) is 18.1 Å². The second-order valence-corrected chi connectivity index (χ2v) is 4.19. The minimum absolute atomic E-state index is 0.140. The van der Waals surface area contributed by atoms with Gasteiger partial charge in [0.25, 0.3) is 0 Å². The summed E-state index contributed by atoms with van der Waals surface area (Å²) in [5.74, 6) is 0.815. The molecule has 0 radical (unpaired) electrons. The Morgan fingerprint density at radius 3 is 2.17 bits per heavy atom. The molecule has 0 fully saturated rings. The zero-order valence-corrected chi connectivity index (χ0v) is 11.3. The summed E-state index contributed by atoms with van der Waals surface area (Å²) in [6.07, 6.45) is -0.293. The van der Waals surface area contributed by atoms with E-state index in [4.69, 9.17) is 14.2 Å². The summed E-state index contributed by atoms with van der Waals surface area (Å²) < 4.78 is 15.9. The van der Waals surface area contributed by atoms with Crippen LogP contribution in [0.2, 0.25) is 0 Å². The number of benzene rings is 1. The van der Waals surface area contributed by atoms with Gasteiger partial charge in [0.1, 0.15) is 11.5 Å². The van der Waals surface area contributed by atoms with Crippen LogP contribution in [0.3, 0.4) is 0 Å². The molecule has 1 aromatic carbocycles. The van der Waals surface area contributed by atoms with Crippen molar-refractivity contribution in [2.75, 3.05) is 6.61 Å². The number of carbonyl (C=O) groups excluding carboxylic acids is 1. The minimum Gasteiger partial charge on any atom is -0.465 e. The Hall–Kier alpha value is -1.55. The monoisotopic (exact) mass is 252 g/mol. The zero-order valence-electron chi connectivity index (χ0n) is 11.3. The molecule has 0 saturated heterocycles. The van der Waals surface area contributed by atoms with Crippen LogP contribution >= 0.6 is 0 Å². The van der Waals surface area contributed by atoms with Crippen molar-refractivity contribution >= 4 is 5.97 Å². The Morgan fingerprint density at radius 1 is 1.11 bits per heavy atom. The Bertz CT molecular complexity index is 370. The first kappa shape index (κ1) is 14.5. The van der Waals surface area contributed by atoms with Crippen LogP contribution in [0.25, 0.3) is 0 Å². The van der Waals surface area contributed by atoms with E-state index in [1.165, 1.54) is 0 Å². The molecular formula is C14H20O4. The maximum atomic E-state index is 11.4. The molecular weight excluding hydrogens is 232 g/mol. The summed E-state index contributed by atoms with van der Waals surface area (Å²) in [6, 6.07) is 6.90. The number of hydrogen-bond acceptors (Lipinski definition) is 4. The van der Waals surface area contributed by atoms with E-state index in [1.807, 2.05) is 13.8 Å². The van der Waals surface area contributed by atoms with Crippen LogP contribution in [-0.4, -0.2) is 18.9 Å². The molecule has 0 heterocycles. The lowest BCUT2D eigenvalue weighted by molar-refractivity contribution is -0.137. The number of ether oxygens (including phenoxy) is 3. The standard InChI is InChI=1S/C14H20O4/c1-5-16-11(4)17-12-6-8-13(9-7-12)18-14(15)10(2)3/h6-11H,5H2,1-4H3. The number of esters is 1. The van der Waals surface area contributed by atoms with Crippen LogP contribution < -0.4 is 9.47 Å². The van der Waals surface area contributed by atoms with E-state index in [2.05, 4.69) is 0 Å². The Morgan fingerprint density at radius 2 is 1.67 bits per heavy atom. The second-order valence-electron chi connectivity index (χ2n) is 4.19. The van der Waals surface area contributed by atoms with Gasteiger partial charge in [0.2, 0.25) is 0 Å². The molecule has 0 amide bonds. The molecule has 4 nitrogen and oxygen atoms in total. The van der Waals surface area contributed by atoms with E-state index in [-0.39, 0.29) is 18.2 Å². The van der Waals surface area contributed by atoms with Gasteiger partial charge in [0, 0.05) is 6.61 Å². The van der Waals surface area contributed by atoms with Crippen molar-refractivity contribution < 1.29 is 19.0 Å². The zero-order chi connectivity index (χ0) is 13.5. The highest BCUT2D eigenvalue weighted by Gasteiger charge is 2.10. The highest BCUT2D eigenvalue weighted by molar-refractivity contribution is 5.74. The van der Waals surface area contributed by atoms with Gasteiger partial charge < -0.3 is 14.2 Å². The summed E-state index contributed by atoms with van der Waals surface area (Å²) in [4.78, 5) is 11.4. The van der Waals surface area contributed by atoms with Crippen LogP contribution in [0.4, 0.5) is 0 Å². The Labute approximate surface area is 108 Å². The van der Waals surface area contributed by atoms with Crippen LogP contribution in [0.5, 0.6) is 11.5 Å². The highest BCUT2D eigenvalue weighted by atomic mass is 16.7. The average molecular weight is 252 g/mol. The molecule has 1 aromatic rings. The molecule has 0 bridgehead atoms. The number of rotatable bonds is 6. The predicted molar refractivity (Wildman–Crippen MR) is 68.6 cm³/mol. The van der Waals surface area contributed by atoms with Crippen LogP contribution in [-0.2, 0) is 9.53 Å². The van der Waals surface area contributed by atoms with Gasteiger partial charge in [-0.15, -0.1) is 0 Å². The molecule has 18 heavy (non-hydrogen) atoms. The van der Waals surface area contributed by atoms with Crippen molar-refractivity contribution in [3.8, 4) is 11.5 Å². The van der Waals surface area contributed by atoms with Gasteiger partial charge in [0.05, 0.1) is 5.92 Å². The normalized spacial score (nSPS) is 12.3. The van der Waals surface area contributed by atoms with Crippen molar-refractivity contribution in [1.29, 1.82) is 0 Å². The first-order chi connectivity index (χ1) is 8.52. The largest absolute Gasteiger partial charge is 0.465 e. The third kappa shape index (κ3) is 4.75. The Balaban J connectivity index is 2.54. The molecule has 0 aliphatic rings. The smallest absolute Gasteiger partial charge is 0.313 e. The summed E-state index contributed by atoms with van der Waals surface area (Å²) in [7, 11) is 0. The van der Waals surface area contributed by atoms with E-state index >= 15 is 0 Å². The molecule has 4 heteroatoms. The Kier molecular flexibility index (Phi) is 5.65. The third-order valence-corrected chi connectivity index (χ3v) is 2.22. The lowest BCUT2D eigenvalue weighted by Crippen LogP contribution is -2.16. The molecule has 0 saturated carbocycles. The van der Waals surface area contributed by atoms with Crippen molar-refractivity contribution in [1.82, 2.24) is 0 Å². The van der Waals surface area contributed by atoms with E-state index in [0.717, 1.165) is 0 Å². The molecule has 0 aliphatic carbocycles. The van der Waals surface area contributed by atoms with Crippen molar-refractivity contribution in [3.63, 3.8) is 0 Å². The molecule has 1 unspecified atom stereocenters. The fourth-order valence-corrected chi connectivity index (χ4v) is 1.28. The molecule has 100 valence electrons. The number of hydrogen-bond donors (Lipinski definition) is 0. The van der Waals surface area contributed by atoms with Crippen LogP contribution in [0.15, 0.2) is 24.3 Å². The fraction of sp³-hybridized carbons (Fsp3) is 0.500. The van der Waals surface area contributed by atoms with Crippen LogP contribution in [0, 0.1) is 5.92 Å². The quantitative estimate of drug-likeness (QED) is 0.443. The van der Waals surface area contributed by atoms with Gasteiger partial charge in [-0.2, -0.15) is 0 Å². The van der Waals surface area contributed by atoms with E-state index in [1.54, 1.807) is 38.1 Å². The predicted octanol–water partition coefficient (Wildman–Crippen LogP) is 3.01. The van der Waals surface area contributed by atoms with Crippen molar-refractivity contribution in [2.24, 2.45) is 5.92 Å². The van der Waals surface area contributed by atoms with Crippen molar-refractivity contribution in [3.05, 3.63) is 24.3 Å². The molecule has 1 rings (SSSR count). The van der Waals surface area contributed by atoms with Gasteiger partial charge in [-0.05, 0) is 38.1 Å². The number of carbonyl (C=O) groups is 1. The molecule has 1 atom stereocenters. The van der Waals surface area contributed by atoms with Gasteiger partial charge in [0.15, 0.2) is 6.29 Å². The minimum atomic E-state index is -0.293. The second kappa shape index (κ2) is 7.01. The molecule has 0 aliphatic heterocycles. The lowest BCUT2D eigenvalue weighted by Gasteiger charge is -2.14. The van der Waals surface area contributed by atoms with Gasteiger partial charge in [-0.3, -0.25) is 4.79 Å². The topological polar surface area (TPSA) is 44.8 Å². The van der Waals surface area contributed by atoms with Crippen molar-refractivity contribution in [2.45, 2.75) is 34.0 Å². The molecule has 0 spiro atoms. The summed E-state index contributed by atoms with van der Waals surface area (Å²) in [6.45, 7) is 7.93. The fourth-order valence-electron chi connectivity index (χ4n) is 1.28. The summed E-state index contributed by atoms with van der Waals surface area (Å²) in [5, 5.41) is 0. The lowest BCUT2D eigenvalue weighted by atomic mass is 10.2. The summed E-state index contributed by atoms with van der Waals surface area (Å²) in [5.41, 5.74) is 0. The van der Waals surface area contributed by atoms with E-state index in [9.17, 15) is 4.79 Å². The first-order valence-electron chi connectivity index (χ1n) is 6.13.